The van der Waals surface area contributed by atoms with Crippen LogP contribution in [0, 0.1) is 0 Å². The van der Waals surface area contributed by atoms with E-state index in [1.165, 1.54) is 11.3 Å². The summed E-state index contributed by atoms with van der Waals surface area (Å²) < 4.78 is 36.0. The van der Waals surface area contributed by atoms with E-state index < -0.39 is 5.91 Å². The van der Waals surface area contributed by atoms with Gasteiger partial charge >= 0.3 is 5.97 Å². The molecule has 1 aliphatic heterocycles. The Hall–Kier alpha value is -3.73. The molecule has 0 atom stereocenters. The number of aromatic nitrogens is 1. The number of carbonyl (C=O) groups excluding carboxylic acids is 2. The molecule has 0 saturated carbocycles. The van der Waals surface area contributed by atoms with Crippen LogP contribution in [-0.4, -0.2) is 49.7 Å². The molecule has 10 nitrogen and oxygen atoms in total. The van der Waals surface area contributed by atoms with Crippen molar-refractivity contribution in [2.75, 3.05) is 33.2 Å². The average Bonchev–Trinajstić information content (AvgIpc) is 3.46. The van der Waals surface area contributed by atoms with Gasteiger partial charge in [0.05, 0.1) is 43.1 Å². The number of nitrogens with zero attached hydrogens (tertiary/aromatic N) is 2. The third-order valence-electron chi connectivity index (χ3n) is 5.38. The average molecular weight is 531 g/mol. The SMILES string of the molecule is CCOC(=O)CCn1c(=NC(=O)c2cc(OCC)c(OCC)c(OCC)c2)sc2cc3c(cc21)OCO3. The number of hydrogen-bond acceptors (Lipinski definition) is 9. The summed E-state index contributed by atoms with van der Waals surface area (Å²) in [5, 5.41) is 0. The fourth-order valence-electron chi connectivity index (χ4n) is 3.86. The van der Waals surface area contributed by atoms with E-state index in [4.69, 9.17) is 28.4 Å². The minimum Gasteiger partial charge on any atom is -0.490 e. The number of hydrogen-bond donors (Lipinski definition) is 0. The number of amides is 1. The Balaban J connectivity index is 1.79. The summed E-state index contributed by atoms with van der Waals surface area (Å²) in [7, 11) is 0. The summed E-state index contributed by atoms with van der Waals surface area (Å²) in [5.41, 5.74) is 1.07. The topological polar surface area (TPSA) is 107 Å². The molecule has 2 heterocycles. The van der Waals surface area contributed by atoms with Crippen molar-refractivity contribution in [3.05, 3.63) is 34.6 Å². The van der Waals surface area contributed by atoms with Crippen LogP contribution in [0.5, 0.6) is 28.7 Å². The van der Waals surface area contributed by atoms with Gasteiger partial charge in [-0.15, -0.1) is 0 Å². The van der Waals surface area contributed by atoms with Crippen LogP contribution in [0.15, 0.2) is 29.3 Å². The van der Waals surface area contributed by atoms with Crippen LogP contribution in [-0.2, 0) is 16.1 Å². The van der Waals surface area contributed by atoms with E-state index in [2.05, 4.69) is 4.99 Å². The van der Waals surface area contributed by atoms with Gasteiger partial charge in [0.1, 0.15) is 0 Å². The van der Waals surface area contributed by atoms with Gasteiger partial charge in [0.2, 0.25) is 12.5 Å². The van der Waals surface area contributed by atoms with Gasteiger partial charge < -0.3 is 33.0 Å². The molecule has 2 aromatic carbocycles. The van der Waals surface area contributed by atoms with Crippen LogP contribution in [0.2, 0.25) is 0 Å². The summed E-state index contributed by atoms with van der Waals surface area (Å²) in [6, 6.07) is 6.90. The molecule has 1 amide bonds. The molecule has 1 aliphatic rings. The Morgan fingerprint density at radius 3 is 2.19 bits per heavy atom. The van der Waals surface area contributed by atoms with E-state index in [0.717, 1.165) is 10.2 Å². The van der Waals surface area contributed by atoms with E-state index in [1.807, 2.05) is 37.5 Å². The lowest BCUT2D eigenvalue weighted by Crippen LogP contribution is -2.19. The molecule has 0 bridgehead atoms. The maximum absolute atomic E-state index is 13.4. The number of fused-ring (bicyclic) bond motifs is 2. The van der Waals surface area contributed by atoms with E-state index >= 15 is 0 Å². The van der Waals surface area contributed by atoms with Crippen molar-refractivity contribution in [3.63, 3.8) is 0 Å². The zero-order valence-corrected chi connectivity index (χ0v) is 22.1. The first kappa shape index (κ1) is 26.3. The molecule has 0 aliphatic carbocycles. The molecule has 0 N–H and O–H groups in total. The number of benzene rings is 2. The number of ether oxygens (including phenoxy) is 6. The molecule has 37 heavy (non-hydrogen) atoms. The van der Waals surface area contributed by atoms with Gasteiger partial charge in [-0.25, -0.2) is 0 Å². The summed E-state index contributed by atoms with van der Waals surface area (Å²) in [4.78, 5) is 30.3. The van der Waals surface area contributed by atoms with E-state index in [-0.39, 0.29) is 25.7 Å². The highest BCUT2D eigenvalue weighted by Gasteiger charge is 2.21. The first-order valence-corrected chi connectivity index (χ1v) is 13.0. The first-order valence-electron chi connectivity index (χ1n) is 12.2. The lowest BCUT2D eigenvalue weighted by Gasteiger charge is -2.16. The lowest BCUT2D eigenvalue weighted by molar-refractivity contribution is -0.143. The smallest absolute Gasteiger partial charge is 0.307 e. The van der Waals surface area contributed by atoms with Crippen LogP contribution in [0.1, 0.15) is 44.5 Å². The van der Waals surface area contributed by atoms with Gasteiger partial charge in [-0.3, -0.25) is 9.59 Å². The Kier molecular flexibility index (Phi) is 8.54. The first-order chi connectivity index (χ1) is 18.0. The maximum Gasteiger partial charge on any atom is 0.307 e. The fraction of sp³-hybridized carbons (Fsp3) is 0.423. The summed E-state index contributed by atoms with van der Waals surface area (Å²) in [5.74, 6) is 1.67. The monoisotopic (exact) mass is 530 g/mol. The van der Waals surface area contributed by atoms with Crippen LogP contribution >= 0.6 is 11.3 Å². The van der Waals surface area contributed by atoms with E-state index in [1.54, 1.807) is 19.1 Å². The molecular weight excluding hydrogens is 500 g/mol. The second-order valence-corrected chi connectivity index (χ2v) is 8.79. The number of carbonyl (C=O) groups is 2. The minimum absolute atomic E-state index is 0.127. The fourth-order valence-corrected chi connectivity index (χ4v) is 4.93. The molecule has 4 rings (SSSR count). The predicted molar refractivity (Wildman–Crippen MR) is 137 cm³/mol. The third kappa shape index (κ3) is 5.82. The Labute approximate surface area is 218 Å². The maximum atomic E-state index is 13.4. The number of rotatable bonds is 11. The molecule has 0 saturated heterocycles. The molecular formula is C26H30N2O8S. The van der Waals surface area contributed by atoms with Crippen molar-refractivity contribution < 1.29 is 38.0 Å². The minimum atomic E-state index is -0.485. The molecule has 1 aromatic heterocycles. The van der Waals surface area contributed by atoms with Crippen LogP contribution in [0.25, 0.3) is 10.2 Å². The summed E-state index contributed by atoms with van der Waals surface area (Å²) in [6.07, 6.45) is 0.127. The van der Waals surface area contributed by atoms with Crippen LogP contribution in [0.4, 0.5) is 0 Å². The molecule has 198 valence electrons. The molecule has 0 unspecified atom stereocenters. The van der Waals surface area contributed by atoms with Gasteiger partial charge in [-0.1, -0.05) is 11.3 Å². The van der Waals surface area contributed by atoms with Crippen molar-refractivity contribution >= 4 is 33.4 Å². The van der Waals surface area contributed by atoms with Gasteiger partial charge in [0, 0.05) is 24.2 Å². The standard InChI is InChI=1S/C26H30N2O8S/c1-5-31-20-11-16(12-21(32-6-2)24(20)34-8-4)25(30)27-26-28(10-9-23(29)33-7-3)17-13-18-19(36-15-35-18)14-22(17)37-26/h11-14H,5-10,15H2,1-4H3. The second-order valence-electron chi connectivity index (χ2n) is 7.78. The van der Waals surface area contributed by atoms with Crippen LogP contribution in [0.3, 0.4) is 0 Å². The van der Waals surface area contributed by atoms with Crippen molar-refractivity contribution in [3.8, 4) is 28.7 Å². The quantitative estimate of drug-likeness (QED) is 0.338. The van der Waals surface area contributed by atoms with Gasteiger partial charge in [-0.2, -0.15) is 4.99 Å². The highest BCUT2D eigenvalue weighted by atomic mass is 32.1. The Morgan fingerprint density at radius 1 is 0.919 bits per heavy atom. The number of thiazole rings is 1. The number of esters is 1. The zero-order valence-electron chi connectivity index (χ0n) is 21.3. The van der Waals surface area contributed by atoms with Gasteiger partial charge in [0.25, 0.3) is 5.91 Å². The summed E-state index contributed by atoms with van der Waals surface area (Å²) >= 11 is 1.32. The van der Waals surface area contributed by atoms with E-state index in [0.29, 0.717) is 65.5 Å². The normalized spacial score (nSPS) is 12.6. The predicted octanol–water partition coefficient (Wildman–Crippen LogP) is 4.32. The van der Waals surface area contributed by atoms with Crippen molar-refractivity contribution in [1.82, 2.24) is 4.57 Å². The highest BCUT2D eigenvalue weighted by molar-refractivity contribution is 7.16. The van der Waals surface area contributed by atoms with E-state index in [9.17, 15) is 9.59 Å². The lowest BCUT2D eigenvalue weighted by atomic mass is 10.1. The number of aryl methyl sites for hydroxylation is 1. The molecule has 0 spiro atoms. The van der Waals surface area contributed by atoms with Gasteiger partial charge in [0.15, 0.2) is 27.8 Å². The highest BCUT2D eigenvalue weighted by Crippen LogP contribution is 2.40. The molecule has 0 radical (unpaired) electrons. The summed E-state index contributed by atoms with van der Waals surface area (Å²) in [6.45, 7) is 9.24. The van der Waals surface area contributed by atoms with Crippen molar-refractivity contribution in [2.24, 2.45) is 4.99 Å². The molecule has 11 heteroatoms. The molecule has 0 fully saturated rings. The van der Waals surface area contributed by atoms with Crippen LogP contribution < -0.4 is 28.5 Å². The second kappa shape index (κ2) is 12.0. The van der Waals surface area contributed by atoms with Gasteiger partial charge in [-0.05, 0) is 39.8 Å². The Bertz CT molecular complexity index is 1330. The third-order valence-corrected chi connectivity index (χ3v) is 6.42. The van der Waals surface area contributed by atoms with Crippen molar-refractivity contribution in [1.29, 1.82) is 0 Å². The zero-order chi connectivity index (χ0) is 26.4. The Morgan fingerprint density at radius 2 is 1.57 bits per heavy atom. The largest absolute Gasteiger partial charge is 0.490 e. The molecule has 3 aromatic rings. The van der Waals surface area contributed by atoms with Crippen molar-refractivity contribution in [2.45, 2.75) is 40.7 Å².